The van der Waals surface area contributed by atoms with Crippen LogP contribution in [0.3, 0.4) is 0 Å². The van der Waals surface area contributed by atoms with Crippen molar-refractivity contribution in [3.63, 3.8) is 0 Å². The number of H-pyrrole nitrogens is 1. The molecule has 2 aromatic carbocycles. The summed E-state index contributed by atoms with van der Waals surface area (Å²) in [5.41, 5.74) is -0.381. The third kappa shape index (κ3) is 4.63. The third-order valence-corrected chi connectivity index (χ3v) is 3.30. The van der Waals surface area contributed by atoms with Gasteiger partial charge in [0.15, 0.2) is 0 Å². The normalized spacial score (nSPS) is 9.85. The topological polar surface area (TPSA) is 119 Å². The summed E-state index contributed by atoms with van der Waals surface area (Å²) in [6, 6.07) is 15.3. The molecular formula is C17H13N4NaO4. The third-order valence-electron chi connectivity index (χ3n) is 3.30. The van der Waals surface area contributed by atoms with E-state index in [2.05, 4.69) is 10.6 Å². The Bertz CT molecular complexity index is 1030. The number of nitrogens with one attached hydrogen (secondary N) is 3. The second-order valence-corrected chi connectivity index (χ2v) is 5.11. The largest absolute Gasteiger partial charge is 1.00 e. The molecule has 9 heteroatoms. The van der Waals surface area contributed by atoms with Crippen molar-refractivity contribution in [2.24, 2.45) is 0 Å². The number of aromatic nitrogens is 2. The van der Waals surface area contributed by atoms with Gasteiger partial charge in [-0.25, -0.2) is 9.59 Å². The van der Waals surface area contributed by atoms with E-state index in [0.717, 1.165) is 10.6 Å². The first-order chi connectivity index (χ1) is 12.0. The number of urea groups is 1. The molecule has 0 saturated heterocycles. The molecule has 1 aromatic heterocycles. The number of nitrogens with zero attached hydrogens (tertiary/aromatic N) is 1. The van der Waals surface area contributed by atoms with Crippen LogP contribution in [0, 0.1) is 0 Å². The van der Waals surface area contributed by atoms with Crippen molar-refractivity contribution >= 4 is 17.4 Å². The van der Waals surface area contributed by atoms with E-state index in [0.29, 0.717) is 11.4 Å². The van der Waals surface area contributed by atoms with Gasteiger partial charge < -0.3 is 15.7 Å². The van der Waals surface area contributed by atoms with Crippen molar-refractivity contribution in [2.75, 3.05) is 10.6 Å². The van der Waals surface area contributed by atoms with Crippen LogP contribution < -0.4 is 56.5 Å². The first-order valence-corrected chi connectivity index (χ1v) is 7.30. The van der Waals surface area contributed by atoms with Crippen LogP contribution in [-0.2, 0) is 0 Å². The molecule has 3 aromatic rings. The Morgan fingerprint density at radius 3 is 2.27 bits per heavy atom. The van der Waals surface area contributed by atoms with Gasteiger partial charge in [-0.15, -0.1) is 0 Å². The Hall–Kier alpha value is -2.81. The Kier molecular flexibility index (Phi) is 6.40. The number of aromatic amines is 1. The number of hydrogen-bond donors (Lipinski definition) is 3. The predicted octanol–water partition coefficient (Wildman–Crippen LogP) is -1.75. The van der Waals surface area contributed by atoms with Crippen LogP contribution in [0.15, 0.2) is 70.3 Å². The van der Waals surface area contributed by atoms with E-state index in [1.807, 2.05) is 11.1 Å². The molecule has 0 aliphatic rings. The number of rotatable bonds is 3. The van der Waals surface area contributed by atoms with Crippen LogP contribution in [0.2, 0.25) is 0 Å². The molecule has 0 unspecified atom stereocenters. The number of hydrogen-bond acceptors (Lipinski definition) is 4. The fourth-order valence-corrected chi connectivity index (χ4v) is 2.26. The molecule has 0 fully saturated rings. The van der Waals surface area contributed by atoms with Crippen molar-refractivity contribution in [1.82, 2.24) is 9.55 Å². The monoisotopic (exact) mass is 360 g/mol. The van der Waals surface area contributed by atoms with Crippen LogP contribution in [0.25, 0.3) is 5.69 Å². The molecule has 126 valence electrons. The van der Waals surface area contributed by atoms with Gasteiger partial charge in [-0.1, -0.05) is 24.3 Å². The average molecular weight is 360 g/mol. The summed E-state index contributed by atoms with van der Waals surface area (Å²) in [4.78, 5) is 37.0. The van der Waals surface area contributed by atoms with Crippen molar-refractivity contribution in [3.8, 4) is 11.6 Å². The van der Waals surface area contributed by atoms with Gasteiger partial charge in [0.1, 0.15) is 0 Å². The van der Waals surface area contributed by atoms with Crippen LogP contribution >= 0.6 is 0 Å². The van der Waals surface area contributed by atoms with Crippen LogP contribution in [-0.4, -0.2) is 15.6 Å². The molecule has 0 bridgehead atoms. The quantitative estimate of drug-likeness (QED) is 0.480. The fraction of sp³-hybridized carbons (Fsp3) is 0. The second-order valence-electron chi connectivity index (χ2n) is 5.11. The van der Waals surface area contributed by atoms with Gasteiger partial charge in [0.05, 0.1) is 5.69 Å². The summed E-state index contributed by atoms with van der Waals surface area (Å²) in [7, 11) is 0. The molecule has 0 aliphatic carbocycles. The molecule has 0 aliphatic heterocycles. The Labute approximate surface area is 169 Å². The minimum Gasteiger partial charge on any atom is -0.859 e. The standard InChI is InChI=1S/C17H14N4O4.Na/c22-14-10-15(23)21(17(25)20-14)13-8-4-7-12(9-13)19-16(24)18-11-5-2-1-3-6-11;/h1-10,23H,(H2,18,19,24)(H,20,22,25);/q;+1/p-1. The first kappa shape index (κ1) is 19.5. The molecule has 0 saturated carbocycles. The molecule has 2 amide bonds. The van der Waals surface area contributed by atoms with Crippen molar-refractivity contribution in [3.05, 3.63) is 81.5 Å². The van der Waals surface area contributed by atoms with Crippen molar-refractivity contribution < 1.29 is 39.5 Å². The first-order valence-electron chi connectivity index (χ1n) is 7.30. The number of benzene rings is 2. The van der Waals surface area contributed by atoms with E-state index in [1.165, 1.54) is 12.1 Å². The van der Waals surface area contributed by atoms with Crippen molar-refractivity contribution in [1.29, 1.82) is 0 Å². The van der Waals surface area contributed by atoms with Gasteiger partial charge in [0, 0.05) is 17.4 Å². The van der Waals surface area contributed by atoms with E-state index in [9.17, 15) is 19.5 Å². The maximum atomic E-state index is 12.0. The summed E-state index contributed by atoms with van der Waals surface area (Å²) in [6.45, 7) is 0. The predicted molar refractivity (Wildman–Crippen MR) is 91.2 cm³/mol. The van der Waals surface area contributed by atoms with Gasteiger partial charge in [0.25, 0.3) is 5.56 Å². The van der Waals surface area contributed by atoms with E-state index in [1.54, 1.807) is 36.4 Å². The van der Waals surface area contributed by atoms with Gasteiger partial charge in [-0.2, -0.15) is 0 Å². The molecule has 0 radical (unpaired) electrons. The summed E-state index contributed by atoms with van der Waals surface area (Å²) in [6.07, 6.45) is 0. The molecule has 26 heavy (non-hydrogen) atoms. The summed E-state index contributed by atoms with van der Waals surface area (Å²) in [5, 5.41) is 17.1. The molecule has 1 heterocycles. The smallest absolute Gasteiger partial charge is 0.859 e. The van der Waals surface area contributed by atoms with Gasteiger partial charge in [0.2, 0.25) is 0 Å². The van der Waals surface area contributed by atoms with E-state index < -0.39 is 23.2 Å². The molecule has 3 rings (SSSR count). The summed E-state index contributed by atoms with van der Waals surface area (Å²) in [5.74, 6) is -0.750. The minimum absolute atomic E-state index is 0. The van der Waals surface area contributed by atoms with Crippen LogP contribution in [0.4, 0.5) is 16.2 Å². The Morgan fingerprint density at radius 1 is 0.923 bits per heavy atom. The minimum atomic E-state index is -0.844. The van der Waals surface area contributed by atoms with E-state index in [-0.39, 0.29) is 35.2 Å². The molecule has 0 atom stereocenters. The van der Waals surface area contributed by atoms with Gasteiger partial charge >= 0.3 is 41.3 Å². The summed E-state index contributed by atoms with van der Waals surface area (Å²) < 4.78 is 0.807. The molecule has 8 nitrogen and oxygen atoms in total. The van der Waals surface area contributed by atoms with E-state index >= 15 is 0 Å². The Morgan fingerprint density at radius 2 is 1.58 bits per heavy atom. The number of carbonyl (C=O) groups excluding carboxylic acids is 1. The van der Waals surface area contributed by atoms with Gasteiger partial charge in [-0.05, 0) is 36.2 Å². The number of anilines is 2. The Balaban J connectivity index is 0.00000243. The zero-order valence-electron chi connectivity index (χ0n) is 13.9. The molecule has 3 N–H and O–H groups in total. The van der Waals surface area contributed by atoms with Gasteiger partial charge in [-0.3, -0.25) is 14.3 Å². The number of carbonyl (C=O) groups is 1. The number of para-hydroxylation sites is 1. The second kappa shape index (κ2) is 8.52. The fourth-order valence-electron chi connectivity index (χ4n) is 2.26. The van der Waals surface area contributed by atoms with E-state index in [4.69, 9.17) is 0 Å². The SMILES string of the molecule is O=C(Nc1ccccc1)Nc1cccc(-n2c([O-])cc(=O)[nH]c2=O)c1.[Na+]. The molecular weight excluding hydrogens is 347 g/mol. The maximum absolute atomic E-state index is 12.0. The van der Waals surface area contributed by atoms with Crippen LogP contribution in [0.1, 0.15) is 0 Å². The van der Waals surface area contributed by atoms with Crippen LogP contribution in [0.5, 0.6) is 5.88 Å². The molecule has 0 spiro atoms. The zero-order chi connectivity index (χ0) is 17.8. The number of amides is 2. The maximum Gasteiger partial charge on any atom is 1.00 e. The zero-order valence-corrected chi connectivity index (χ0v) is 15.9. The van der Waals surface area contributed by atoms with Crippen molar-refractivity contribution in [2.45, 2.75) is 0 Å². The summed E-state index contributed by atoms with van der Waals surface area (Å²) >= 11 is 0. The average Bonchev–Trinajstić information content (AvgIpc) is 2.55.